The number of nitrogens with one attached hydrogen (secondary N) is 1. The Labute approximate surface area is 109 Å². The van der Waals surface area contributed by atoms with Gasteiger partial charge < -0.3 is 10.3 Å². The molecule has 3 N–H and O–H groups in total. The van der Waals surface area contributed by atoms with Gasteiger partial charge in [0.1, 0.15) is 5.69 Å². The molecular formula is C12H13N5O2. The van der Waals surface area contributed by atoms with Gasteiger partial charge in [-0.1, -0.05) is 6.07 Å². The fourth-order valence-corrected chi connectivity index (χ4v) is 1.64. The molecule has 98 valence electrons. The van der Waals surface area contributed by atoms with Gasteiger partial charge in [-0.05, 0) is 12.1 Å². The number of aryl methyl sites for hydroxylation is 1. The zero-order valence-electron chi connectivity index (χ0n) is 10.1. The predicted octanol–water partition coefficient (Wildman–Crippen LogP) is 0.530. The number of hydrogen-bond donors (Lipinski definition) is 2. The zero-order valence-corrected chi connectivity index (χ0v) is 10.1. The number of primary amides is 1. The summed E-state index contributed by atoms with van der Waals surface area (Å²) in [5.41, 5.74) is 5.59. The van der Waals surface area contributed by atoms with E-state index in [0.717, 1.165) is 5.69 Å². The van der Waals surface area contributed by atoms with Crippen molar-refractivity contribution in [2.75, 3.05) is 0 Å². The number of nitrogens with zero attached hydrogens (tertiary/aromatic N) is 3. The van der Waals surface area contributed by atoms with E-state index in [1.54, 1.807) is 23.2 Å². The minimum Gasteiger partial charge on any atom is -0.351 e. The van der Waals surface area contributed by atoms with Crippen molar-refractivity contribution in [2.24, 2.45) is 5.73 Å². The Bertz CT molecular complexity index is 579. The Morgan fingerprint density at radius 2 is 2.11 bits per heavy atom. The molecule has 7 nitrogen and oxygen atoms in total. The molecule has 2 heterocycles. The van der Waals surface area contributed by atoms with Crippen LogP contribution in [0.3, 0.4) is 0 Å². The second kappa shape index (κ2) is 5.76. The maximum absolute atomic E-state index is 11.3. The molecule has 7 heteroatoms. The second-order valence-corrected chi connectivity index (χ2v) is 3.82. The molecular weight excluding hydrogens is 246 g/mol. The third-order valence-electron chi connectivity index (χ3n) is 2.45. The molecule has 0 atom stereocenters. The molecule has 0 aliphatic rings. The van der Waals surface area contributed by atoms with Gasteiger partial charge in [-0.15, -0.1) is 0 Å². The number of imide groups is 1. The van der Waals surface area contributed by atoms with Gasteiger partial charge in [0, 0.05) is 31.6 Å². The lowest BCUT2D eigenvalue weighted by molar-refractivity contribution is -0.120. The van der Waals surface area contributed by atoms with E-state index in [9.17, 15) is 9.59 Å². The third-order valence-corrected chi connectivity index (χ3v) is 2.45. The predicted molar refractivity (Wildman–Crippen MR) is 67.8 cm³/mol. The maximum atomic E-state index is 11.3. The highest BCUT2D eigenvalue weighted by atomic mass is 16.2. The van der Waals surface area contributed by atoms with E-state index in [1.165, 1.54) is 0 Å². The summed E-state index contributed by atoms with van der Waals surface area (Å²) in [5, 5.41) is 2.02. The van der Waals surface area contributed by atoms with Crippen molar-refractivity contribution in [3.05, 3.63) is 36.8 Å². The standard InChI is InChI=1S/C12H13N5O2/c13-12(19)16-10(18)4-7-17-8-6-15-11(17)9-3-1-2-5-14-9/h1-3,5-6,8H,4,7H2,(H3,13,16,18,19). The summed E-state index contributed by atoms with van der Waals surface area (Å²) < 4.78 is 1.79. The van der Waals surface area contributed by atoms with E-state index < -0.39 is 11.9 Å². The van der Waals surface area contributed by atoms with Crippen LogP contribution in [0.25, 0.3) is 11.5 Å². The van der Waals surface area contributed by atoms with Gasteiger partial charge in [0.15, 0.2) is 5.82 Å². The number of hydrogen-bond acceptors (Lipinski definition) is 4. The van der Waals surface area contributed by atoms with E-state index in [-0.39, 0.29) is 6.42 Å². The van der Waals surface area contributed by atoms with Crippen LogP contribution in [0.4, 0.5) is 4.79 Å². The van der Waals surface area contributed by atoms with Crippen molar-refractivity contribution in [1.82, 2.24) is 19.9 Å². The summed E-state index contributed by atoms with van der Waals surface area (Å²) in [6, 6.07) is 4.67. The molecule has 19 heavy (non-hydrogen) atoms. The lowest BCUT2D eigenvalue weighted by Crippen LogP contribution is -2.35. The van der Waals surface area contributed by atoms with Gasteiger partial charge in [0.2, 0.25) is 5.91 Å². The average molecular weight is 259 g/mol. The molecule has 0 aliphatic carbocycles. The molecule has 2 aromatic rings. The summed E-state index contributed by atoms with van der Waals surface area (Å²) in [4.78, 5) is 30.3. The molecule has 0 aromatic carbocycles. The number of nitrogens with two attached hydrogens (primary N) is 1. The van der Waals surface area contributed by atoms with E-state index in [2.05, 4.69) is 9.97 Å². The van der Waals surface area contributed by atoms with E-state index in [0.29, 0.717) is 12.4 Å². The minimum atomic E-state index is -0.847. The van der Waals surface area contributed by atoms with Gasteiger partial charge in [-0.3, -0.25) is 15.1 Å². The lowest BCUT2D eigenvalue weighted by Gasteiger charge is -2.06. The number of imidazole rings is 1. The summed E-state index contributed by atoms with van der Waals surface area (Å²) in [6.45, 7) is 0.394. The molecule has 0 aliphatic heterocycles. The normalized spacial score (nSPS) is 10.1. The Morgan fingerprint density at radius 1 is 1.26 bits per heavy atom. The lowest BCUT2D eigenvalue weighted by atomic mass is 10.3. The van der Waals surface area contributed by atoms with Crippen molar-refractivity contribution in [2.45, 2.75) is 13.0 Å². The number of urea groups is 1. The highest BCUT2D eigenvalue weighted by Gasteiger charge is 2.09. The number of carbonyl (C=O) groups is 2. The average Bonchev–Trinajstić information content (AvgIpc) is 2.85. The fourth-order valence-electron chi connectivity index (χ4n) is 1.64. The molecule has 2 rings (SSSR count). The number of pyridine rings is 1. The molecule has 2 aromatic heterocycles. The minimum absolute atomic E-state index is 0.138. The SMILES string of the molecule is NC(=O)NC(=O)CCn1ccnc1-c1ccccn1. The Balaban J connectivity index is 2.05. The molecule has 0 saturated heterocycles. The number of rotatable bonds is 4. The van der Waals surface area contributed by atoms with Crippen molar-refractivity contribution >= 4 is 11.9 Å². The highest BCUT2D eigenvalue weighted by Crippen LogP contribution is 2.14. The van der Waals surface area contributed by atoms with Crippen LogP contribution < -0.4 is 11.1 Å². The zero-order chi connectivity index (χ0) is 13.7. The summed E-state index contributed by atoms with van der Waals surface area (Å²) >= 11 is 0. The third kappa shape index (κ3) is 3.38. The first-order valence-corrected chi connectivity index (χ1v) is 5.68. The first-order valence-electron chi connectivity index (χ1n) is 5.68. The molecule has 0 bridgehead atoms. The van der Waals surface area contributed by atoms with Crippen molar-refractivity contribution in [3.8, 4) is 11.5 Å². The first-order chi connectivity index (χ1) is 9.16. The van der Waals surface area contributed by atoms with Crippen molar-refractivity contribution < 1.29 is 9.59 Å². The van der Waals surface area contributed by atoms with Gasteiger partial charge in [-0.2, -0.15) is 0 Å². The van der Waals surface area contributed by atoms with Gasteiger partial charge in [-0.25, -0.2) is 9.78 Å². The van der Waals surface area contributed by atoms with Crippen LogP contribution in [0.5, 0.6) is 0 Å². The molecule has 0 radical (unpaired) electrons. The number of aromatic nitrogens is 3. The van der Waals surface area contributed by atoms with Gasteiger partial charge in [0.05, 0.1) is 0 Å². The number of carbonyl (C=O) groups excluding carboxylic acids is 2. The first kappa shape index (κ1) is 12.7. The largest absolute Gasteiger partial charge is 0.351 e. The summed E-state index contributed by atoms with van der Waals surface area (Å²) in [7, 11) is 0. The van der Waals surface area contributed by atoms with Crippen LogP contribution in [0.15, 0.2) is 36.8 Å². The van der Waals surface area contributed by atoms with Crippen LogP contribution in [-0.4, -0.2) is 26.5 Å². The van der Waals surface area contributed by atoms with Crippen LogP contribution in [0, 0.1) is 0 Å². The highest BCUT2D eigenvalue weighted by molar-refractivity contribution is 5.93. The van der Waals surface area contributed by atoms with Crippen molar-refractivity contribution in [1.29, 1.82) is 0 Å². The maximum Gasteiger partial charge on any atom is 0.318 e. The smallest absolute Gasteiger partial charge is 0.318 e. The van der Waals surface area contributed by atoms with Gasteiger partial charge >= 0.3 is 6.03 Å². The molecule has 3 amide bonds. The Hall–Kier alpha value is -2.70. The van der Waals surface area contributed by atoms with Crippen LogP contribution in [0.2, 0.25) is 0 Å². The van der Waals surface area contributed by atoms with Crippen LogP contribution >= 0.6 is 0 Å². The van der Waals surface area contributed by atoms with Crippen molar-refractivity contribution in [3.63, 3.8) is 0 Å². The Morgan fingerprint density at radius 3 is 2.79 bits per heavy atom. The van der Waals surface area contributed by atoms with E-state index in [1.807, 2.05) is 23.5 Å². The molecule has 0 unspecified atom stereocenters. The summed E-state index contributed by atoms with van der Waals surface area (Å²) in [5.74, 6) is 0.251. The molecule has 0 fully saturated rings. The molecule has 0 saturated carbocycles. The van der Waals surface area contributed by atoms with E-state index in [4.69, 9.17) is 5.73 Å². The Kier molecular flexibility index (Phi) is 3.87. The van der Waals surface area contributed by atoms with E-state index >= 15 is 0 Å². The van der Waals surface area contributed by atoms with Gasteiger partial charge in [0.25, 0.3) is 0 Å². The number of amides is 3. The quantitative estimate of drug-likeness (QED) is 0.835. The van der Waals surface area contributed by atoms with Crippen LogP contribution in [-0.2, 0) is 11.3 Å². The fraction of sp³-hybridized carbons (Fsp3) is 0.167. The van der Waals surface area contributed by atoms with Crippen LogP contribution in [0.1, 0.15) is 6.42 Å². The topological polar surface area (TPSA) is 103 Å². The monoisotopic (exact) mass is 259 g/mol. The summed E-state index contributed by atoms with van der Waals surface area (Å²) in [6.07, 6.45) is 5.20. The molecule has 0 spiro atoms. The second-order valence-electron chi connectivity index (χ2n) is 3.82.